The number of aromatic nitrogens is 2. The second-order valence-corrected chi connectivity index (χ2v) is 4.51. The van der Waals surface area contributed by atoms with E-state index in [2.05, 4.69) is 15.0 Å². The van der Waals surface area contributed by atoms with Gasteiger partial charge in [0.1, 0.15) is 0 Å². The number of H-pyrrole nitrogens is 1. The first kappa shape index (κ1) is 9.98. The largest absolute Gasteiger partial charge is 0.493 e. The van der Waals surface area contributed by atoms with Gasteiger partial charge in [0, 0.05) is 18.0 Å². The minimum atomic E-state index is -0.280. The molecule has 0 amide bonds. The van der Waals surface area contributed by atoms with E-state index in [1.807, 2.05) is 12.1 Å². The highest BCUT2D eigenvalue weighted by Crippen LogP contribution is 2.15. The number of hydrogen-bond acceptors (Lipinski definition) is 5. The normalized spacial score (nSPS) is 13.8. The quantitative estimate of drug-likeness (QED) is 0.740. The van der Waals surface area contributed by atoms with E-state index in [9.17, 15) is 9.90 Å². The SMILES string of the molecule is O=c1[nH]c(O)c(/C=c2\cnc3c(c2)C=CN=3)s1. The van der Waals surface area contributed by atoms with Gasteiger partial charge in [0.25, 0.3) is 0 Å². The topological polar surface area (TPSA) is 78.3 Å². The average molecular weight is 245 g/mol. The third kappa shape index (κ3) is 1.78. The Morgan fingerprint density at radius 1 is 1.47 bits per heavy atom. The lowest BCUT2D eigenvalue weighted by Crippen LogP contribution is -2.15. The molecular weight excluding hydrogens is 238 g/mol. The van der Waals surface area contributed by atoms with Crippen LogP contribution in [0.4, 0.5) is 0 Å². The van der Waals surface area contributed by atoms with Crippen molar-refractivity contribution in [1.29, 1.82) is 0 Å². The standard InChI is InChI=1S/C11H7N3O2S/c15-10-8(17-11(16)14-10)4-6-3-7-1-2-12-9(7)13-5-6/h1-5,15H,(H,14,16)/b6-4-. The third-order valence-corrected chi connectivity index (χ3v) is 3.14. The van der Waals surface area contributed by atoms with Gasteiger partial charge in [-0.3, -0.25) is 9.78 Å². The third-order valence-electron chi connectivity index (χ3n) is 2.32. The molecule has 0 aliphatic carbocycles. The molecule has 2 aromatic heterocycles. The van der Waals surface area contributed by atoms with Crippen LogP contribution >= 0.6 is 11.3 Å². The average Bonchev–Trinajstić information content (AvgIpc) is 2.85. The van der Waals surface area contributed by atoms with Crippen molar-refractivity contribution in [3.63, 3.8) is 0 Å². The molecule has 3 heterocycles. The molecule has 2 aromatic rings. The molecule has 0 saturated carbocycles. The van der Waals surface area contributed by atoms with Crippen LogP contribution in [-0.4, -0.2) is 15.1 Å². The summed E-state index contributed by atoms with van der Waals surface area (Å²) in [6, 6.07) is 1.90. The van der Waals surface area contributed by atoms with E-state index in [1.54, 1.807) is 18.5 Å². The Kier molecular flexibility index (Phi) is 2.15. The summed E-state index contributed by atoms with van der Waals surface area (Å²) in [7, 11) is 0. The number of nitrogens with zero attached hydrogens (tertiary/aromatic N) is 2. The lowest BCUT2D eigenvalue weighted by Gasteiger charge is -1.90. The molecule has 2 N–H and O–H groups in total. The van der Waals surface area contributed by atoms with Gasteiger partial charge in [-0.2, -0.15) is 0 Å². The maximum absolute atomic E-state index is 11.0. The first-order chi connectivity index (χ1) is 8.22. The van der Waals surface area contributed by atoms with Crippen molar-refractivity contribution >= 4 is 23.5 Å². The maximum Gasteiger partial charge on any atom is 0.307 e. The Morgan fingerprint density at radius 3 is 3.12 bits per heavy atom. The minimum absolute atomic E-state index is 0.110. The zero-order valence-corrected chi connectivity index (χ0v) is 9.36. The highest BCUT2D eigenvalue weighted by Gasteiger charge is 2.03. The predicted octanol–water partition coefficient (Wildman–Crippen LogP) is -0.0303. The number of aromatic amines is 1. The second kappa shape index (κ2) is 3.67. The van der Waals surface area contributed by atoms with E-state index >= 15 is 0 Å². The van der Waals surface area contributed by atoms with Crippen molar-refractivity contribution in [1.82, 2.24) is 9.97 Å². The molecule has 0 radical (unpaired) electrons. The van der Waals surface area contributed by atoms with E-state index in [-0.39, 0.29) is 10.8 Å². The van der Waals surface area contributed by atoms with Gasteiger partial charge in [-0.25, -0.2) is 9.98 Å². The molecule has 3 rings (SSSR count). The van der Waals surface area contributed by atoms with Gasteiger partial charge in [-0.15, -0.1) is 0 Å². The second-order valence-electron chi connectivity index (χ2n) is 3.50. The summed E-state index contributed by atoms with van der Waals surface area (Å²) in [5, 5.41) is 10.3. The zero-order chi connectivity index (χ0) is 11.8. The highest BCUT2D eigenvalue weighted by atomic mass is 32.1. The molecular formula is C11H7N3O2S. The molecule has 0 saturated heterocycles. The Hall–Kier alpha value is -2.21. The molecule has 17 heavy (non-hydrogen) atoms. The Balaban J connectivity index is 2.17. The maximum atomic E-state index is 11.0. The highest BCUT2D eigenvalue weighted by molar-refractivity contribution is 7.10. The van der Waals surface area contributed by atoms with E-state index in [0.717, 1.165) is 22.1 Å². The van der Waals surface area contributed by atoms with Crippen LogP contribution in [0.5, 0.6) is 5.88 Å². The first-order valence-electron chi connectivity index (χ1n) is 4.86. The Labute approximate surface area is 99.1 Å². The van der Waals surface area contributed by atoms with Crippen LogP contribution in [0.25, 0.3) is 12.2 Å². The first-order valence-corrected chi connectivity index (χ1v) is 5.68. The number of thiazole rings is 1. The number of fused-ring (bicyclic) bond motifs is 1. The van der Waals surface area contributed by atoms with Gasteiger partial charge in [-0.05, 0) is 23.4 Å². The molecule has 0 atom stereocenters. The fraction of sp³-hybridized carbons (Fsp3) is 0. The van der Waals surface area contributed by atoms with Crippen LogP contribution in [0, 0.1) is 0 Å². The fourth-order valence-corrected chi connectivity index (χ4v) is 2.26. The van der Waals surface area contributed by atoms with Crippen LogP contribution in [0.2, 0.25) is 0 Å². The molecule has 0 fully saturated rings. The van der Waals surface area contributed by atoms with E-state index in [0.29, 0.717) is 10.4 Å². The summed E-state index contributed by atoms with van der Waals surface area (Å²) >= 11 is 0.957. The summed E-state index contributed by atoms with van der Waals surface area (Å²) in [6.45, 7) is 0. The number of aromatic hydroxyl groups is 1. The van der Waals surface area contributed by atoms with E-state index in [1.165, 1.54) is 0 Å². The van der Waals surface area contributed by atoms with Crippen LogP contribution in [0.1, 0.15) is 10.4 Å². The lowest BCUT2D eigenvalue weighted by atomic mass is 10.2. The molecule has 0 spiro atoms. The Morgan fingerprint density at radius 2 is 2.35 bits per heavy atom. The summed E-state index contributed by atoms with van der Waals surface area (Å²) in [4.78, 5) is 21.8. The van der Waals surface area contributed by atoms with Crippen molar-refractivity contribution in [2.75, 3.05) is 0 Å². The van der Waals surface area contributed by atoms with Gasteiger partial charge < -0.3 is 5.11 Å². The van der Waals surface area contributed by atoms with Crippen molar-refractivity contribution in [2.45, 2.75) is 0 Å². The minimum Gasteiger partial charge on any atom is -0.493 e. The fourth-order valence-electron chi connectivity index (χ4n) is 1.57. The summed E-state index contributed by atoms with van der Waals surface area (Å²) in [5.41, 5.74) is 1.62. The molecule has 1 aliphatic heterocycles. The summed E-state index contributed by atoms with van der Waals surface area (Å²) in [5.74, 6) is -0.110. The van der Waals surface area contributed by atoms with E-state index < -0.39 is 0 Å². The molecule has 6 heteroatoms. The van der Waals surface area contributed by atoms with Crippen molar-refractivity contribution in [3.05, 3.63) is 49.3 Å². The smallest absolute Gasteiger partial charge is 0.307 e. The molecule has 1 aliphatic rings. The van der Waals surface area contributed by atoms with Crippen LogP contribution in [-0.2, 0) is 0 Å². The van der Waals surface area contributed by atoms with Crippen LogP contribution in [0.15, 0.2) is 28.3 Å². The van der Waals surface area contributed by atoms with Gasteiger partial charge in [0.2, 0.25) is 5.88 Å². The van der Waals surface area contributed by atoms with Crippen LogP contribution < -0.4 is 15.6 Å². The van der Waals surface area contributed by atoms with E-state index in [4.69, 9.17) is 0 Å². The van der Waals surface area contributed by atoms with Gasteiger partial charge >= 0.3 is 4.87 Å². The van der Waals surface area contributed by atoms with Gasteiger partial charge in [0.05, 0.1) is 4.88 Å². The molecule has 0 unspecified atom stereocenters. The lowest BCUT2D eigenvalue weighted by molar-refractivity contribution is 0.455. The number of nitrogens with one attached hydrogen (secondary N) is 1. The van der Waals surface area contributed by atoms with Gasteiger partial charge in [0.15, 0.2) is 5.49 Å². The zero-order valence-electron chi connectivity index (χ0n) is 8.54. The summed E-state index contributed by atoms with van der Waals surface area (Å²) in [6.07, 6.45) is 6.91. The number of hydrogen-bond donors (Lipinski definition) is 2. The molecule has 84 valence electrons. The van der Waals surface area contributed by atoms with Crippen molar-refractivity contribution in [2.24, 2.45) is 4.99 Å². The summed E-state index contributed by atoms with van der Waals surface area (Å²) < 4.78 is 0. The number of rotatable bonds is 1. The molecule has 5 nitrogen and oxygen atoms in total. The van der Waals surface area contributed by atoms with Gasteiger partial charge in [-0.1, -0.05) is 11.3 Å². The van der Waals surface area contributed by atoms with Crippen molar-refractivity contribution < 1.29 is 5.11 Å². The number of pyridine rings is 1. The molecule has 0 bridgehead atoms. The predicted molar refractivity (Wildman–Crippen MR) is 64.2 cm³/mol. The van der Waals surface area contributed by atoms with Crippen molar-refractivity contribution in [3.8, 4) is 5.88 Å². The van der Waals surface area contributed by atoms with Crippen LogP contribution in [0.3, 0.4) is 0 Å². The monoisotopic (exact) mass is 245 g/mol. The molecule has 0 aromatic carbocycles. The Bertz CT molecular complexity index is 786.